The fourth-order valence-corrected chi connectivity index (χ4v) is 1.89. The fourth-order valence-electron chi connectivity index (χ4n) is 1.89. The van der Waals surface area contributed by atoms with Crippen molar-refractivity contribution in [1.29, 1.82) is 0 Å². The van der Waals surface area contributed by atoms with Gasteiger partial charge in [0.25, 0.3) is 5.91 Å². The third kappa shape index (κ3) is 4.23. The summed E-state index contributed by atoms with van der Waals surface area (Å²) >= 11 is 0. The van der Waals surface area contributed by atoms with Crippen LogP contribution < -0.4 is 15.8 Å². The molecule has 0 heterocycles. The van der Waals surface area contributed by atoms with E-state index in [1.54, 1.807) is 0 Å². The summed E-state index contributed by atoms with van der Waals surface area (Å²) in [6, 6.07) is 5.90. The predicted octanol–water partition coefficient (Wildman–Crippen LogP) is 2.17. The lowest BCUT2D eigenvalue weighted by Gasteiger charge is -2.33. The van der Waals surface area contributed by atoms with Crippen LogP contribution >= 0.6 is 0 Å². The van der Waals surface area contributed by atoms with Crippen LogP contribution in [0.1, 0.15) is 31.9 Å². The minimum atomic E-state index is -0.400. The normalized spacial score (nSPS) is 13.9. The molecule has 20 heavy (non-hydrogen) atoms. The maximum atomic E-state index is 12.0. The van der Waals surface area contributed by atoms with Crippen molar-refractivity contribution in [3.8, 4) is 5.75 Å². The lowest BCUT2D eigenvalue weighted by Crippen LogP contribution is -2.56. The number of carbonyl (C=O) groups is 1. The van der Waals surface area contributed by atoms with Gasteiger partial charge in [0.2, 0.25) is 0 Å². The Balaban J connectivity index is 2.59. The highest BCUT2D eigenvalue weighted by Gasteiger charge is 2.28. The molecule has 0 aliphatic heterocycles. The Morgan fingerprint density at radius 2 is 2.05 bits per heavy atom. The molecular weight excluding hydrogens is 252 g/mol. The van der Waals surface area contributed by atoms with E-state index in [0.717, 1.165) is 11.3 Å². The van der Waals surface area contributed by atoms with Crippen LogP contribution in [0.25, 0.3) is 0 Å². The summed E-state index contributed by atoms with van der Waals surface area (Å²) in [5.74, 6) is 0.855. The van der Waals surface area contributed by atoms with E-state index in [1.807, 2.05) is 52.8 Å². The Hall–Kier alpha value is -1.55. The topological polar surface area (TPSA) is 64.3 Å². The zero-order chi connectivity index (χ0) is 15.3. The number of amides is 1. The third-order valence-electron chi connectivity index (χ3n) is 3.81. The number of nitrogens with two attached hydrogens (primary N) is 1. The highest BCUT2D eigenvalue weighted by atomic mass is 16.5. The van der Waals surface area contributed by atoms with Gasteiger partial charge >= 0.3 is 0 Å². The van der Waals surface area contributed by atoms with Crippen LogP contribution in [0.2, 0.25) is 0 Å². The van der Waals surface area contributed by atoms with Crippen molar-refractivity contribution in [3.63, 3.8) is 0 Å². The van der Waals surface area contributed by atoms with Gasteiger partial charge in [0.15, 0.2) is 6.61 Å². The minimum Gasteiger partial charge on any atom is -0.484 e. The molecular formula is C16H26N2O2. The first-order chi connectivity index (χ1) is 9.28. The van der Waals surface area contributed by atoms with E-state index in [2.05, 4.69) is 5.32 Å². The molecule has 0 spiro atoms. The zero-order valence-electron chi connectivity index (χ0n) is 13.1. The smallest absolute Gasteiger partial charge is 0.258 e. The van der Waals surface area contributed by atoms with Crippen molar-refractivity contribution in [2.24, 2.45) is 11.7 Å². The second-order valence-corrected chi connectivity index (χ2v) is 5.88. The van der Waals surface area contributed by atoms with Gasteiger partial charge in [-0.15, -0.1) is 0 Å². The van der Waals surface area contributed by atoms with E-state index in [-0.39, 0.29) is 18.4 Å². The third-order valence-corrected chi connectivity index (χ3v) is 3.81. The number of carbonyl (C=O) groups excluding carboxylic acids is 1. The minimum absolute atomic E-state index is 0.00616. The highest BCUT2D eigenvalue weighted by molar-refractivity contribution is 5.78. The van der Waals surface area contributed by atoms with Gasteiger partial charge in [0.1, 0.15) is 5.75 Å². The summed E-state index contributed by atoms with van der Waals surface area (Å²) < 4.78 is 5.57. The molecule has 0 aliphatic rings. The maximum Gasteiger partial charge on any atom is 0.258 e. The molecule has 0 radical (unpaired) electrons. The maximum absolute atomic E-state index is 12.0. The van der Waals surface area contributed by atoms with Gasteiger partial charge in [-0.1, -0.05) is 31.5 Å². The molecule has 0 saturated carbocycles. The Morgan fingerprint density at radius 3 is 2.55 bits per heavy atom. The summed E-state index contributed by atoms with van der Waals surface area (Å²) in [4.78, 5) is 12.0. The van der Waals surface area contributed by atoms with E-state index in [1.165, 1.54) is 5.56 Å². The molecule has 0 aliphatic carbocycles. The second-order valence-electron chi connectivity index (χ2n) is 5.88. The number of aryl methyl sites for hydroxylation is 2. The van der Waals surface area contributed by atoms with E-state index in [9.17, 15) is 4.79 Å². The molecule has 1 atom stereocenters. The molecule has 1 amide bonds. The van der Waals surface area contributed by atoms with E-state index in [0.29, 0.717) is 6.54 Å². The van der Waals surface area contributed by atoms with Gasteiger partial charge < -0.3 is 15.8 Å². The van der Waals surface area contributed by atoms with Crippen molar-refractivity contribution >= 4 is 5.91 Å². The van der Waals surface area contributed by atoms with Gasteiger partial charge in [0.05, 0.1) is 5.54 Å². The van der Waals surface area contributed by atoms with Gasteiger partial charge in [-0.25, -0.2) is 0 Å². The van der Waals surface area contributed by atoms with Crippen molar-refractivity contribution in [1.82, 2.24) is 5.32 Å². The van der Waals surface area contributed by atoms with Crippen molar-refractivity contribution in [2.75, 3.05) is 13.2 Å². The lowest BCUT2D eigenvalue weighted by atomic mass is 9.88. The average molecular weight is 278 g/mol. The van der Waals surface area contributed by atoms with E-state index >= 15 is 0 Å². The van der Waals surface area contributed by atoms with Gasteiger partial charge in [0, 0.05) is 6.54 Å². The number of ether oxygens (including phenoxy) is 1. The lowest BCUT2D eigenvalue weighted by molar-refractivity contribution is -0.125. The molecule has 1 rings (SSSR count). The molecule has 1 aromatic carbocycles. The number of hydrogen-bond acceptors (Lipinski definition) is 3. The Kier molecular flexibility index (Phi) is 5.57. The second kappa shape index (κ2) is 6.75. The first-order valence-corrected chi connectivity index (χ1v) is 6.99. The van der Waals surface area contributed by atoms with Crippen molar-refractivity contribution in [3.05, 3.63) is 29.3 Å². The Bertz CT molecular complexity index is 472. The first-order valence-electron chi connectivity index (χ1n) is 6.99. The van der Waals surface area contributed by atoms with Crippen molar-refractivity contribution in [2.45, 2.75) is 40.2 Å². The summed E-state index contributed by atoms with van der Waals surface area (Å²) in [6.45, 7) is 10.4. The van der Waals surface area contributed by atoms with Crippen LogP contribution in [-0.4, -0.2) is 24.6 Å². The van der Waals surface area contributed by atoms with Crippen LogP contribution in [0.5, 0.6) is 5.75 Å². The summed E-state index contributed by atoms with van der Waals surface area (Å²) in [5.41, 5.74) is 7.56. The molecule has 0 saturated heterocycles. The van der Waals surface area contributed by atoms with Crippen LogP contribution in [0.4, 0.5) is 0 Å². The number of hydrogen-bond donors (Lipinski definition) is 2. The standard InChI is InChI=1S/C16H26N2O2/c1-11(2)16(5,10-17)18-15(19)9-20-14-7-6-12(3)8-13(14)4/h6-8,11H,9-10,17H2,1-5H3,(H,18,19). The van der Waals surface area contributed by atoms with Gasteiger partial charge in [-0.2, -0.15) is 0 Å². The summed E-state index contributed by atoms with van der Waals surface area (Å²) in [6.07, 6.45) is 0. The highest BCUT2D eigenvalue weighted by Crippen LogP contribution is 2.19. The molecule has 112 valence electrons. The number of nitrogens with one attached hydrogen (secondary N) is 1. The summed E-state index contributed by atoms with van der Waals surface area (Å²) in [5, 5.41) is 2.95. The SMILES string of the molecule is Cc1ccc(OCC(=O)NC(C)(CN)C(C)C)c(C)c1. The van der Waals surface area contributed by atoms with Gasteiger partial charge in [-0.05, 0) is 38.3 Å². The molecule has 0 aromatic heterocycles. The largest absolute Gasteiger partial charge is 0.484 e. The first kappa shape index (κ1) is 16.5. The number of rotatable bonds is 6. The van der Waals surface area contributed by atoms with Crippen LogP contribution in [-0.2, 0) is 4.79 Å². The van der Waals surface area contributed by atoms with Crippen LogP contribution in [0.15, 0.2) is 18.2 Å². The number of benzene rings is 1. The average Bonchev–Trinajstić information content (AvgIpc) is 2.37. The quantitative estimate of drug-likeness (QED) is 0.838. The molecule has 0 bridgehead atoms. The Morgan fingerprint density at radius 1 is 1.40 bits per heavy atom. The molecule has 0 fully saturated rings. The molecule has 1 unspecified atom stereocenters. The van der Waals surface area contributed by atoms with Gasteiger partial charge in [-0.3, -0.25) is 4.79 Å². The summed E-state index contributed by atoms with van der Waals surface area (Å²) in [7, 11) is 0. The molecule has 3 N–H and O–H groups in total. The van der Waals surface area contributed by atoms with Crippen molar-refractivity contribution < 1.29 is 9.53 Å². The zero-order valence-corrected chi connectivity index (χ0v) is 13.1. The predicted molar refractivity (Wildman–Crippen MR) is 81.9 cm³/mol. The fraction of sp³-hybridized carbons (Fsp3) is 0.562. The molecule has 4 nitrogen and oxygen atoms in total. The van der Waals surface area contributed by atoms with E-state index in [4.69, 9.17) is 10.5 Å². The molecule has 1 aromatic rings. The van der Waals surface area contributed by atoms with Crippen LogP contribution in [0.3, 0.4) is 0 Å². The van der Waals surface area contributed by atoms with E-state index < -0.39 is 5.54 Å². The molecule has 4 heteroatoms. The monoisotopic (exact) mass is 278 g/mol. The van der Waals surface area contributed by atoms with Crippen LogP contribution in [0, 0.1) is 19.8 Å². The Labute approximate surface area is 121 Å².